The number of ether oxygens (including phenoxy) is 1. The van der Waals surface area contributed by atoms with Crippen molar-refractivity contribution in [1.82, 2.24) is 4.90 Å². The number of halogens is 1. The van der Waals surface area contributed by atoms with Crippen molar-refractivity contribution in [2.75, 3.05) is 24.5 Å². The summed E-state index contributed by atoms with van der Waals surface area (Å²) in [5, 5.41) is 0. The van der Waals surface area contributed by atoms with Crippen molar-refractivity contribution in [3.8, 4) is 0 Å². The molecule has 32 heavy (non-hydrogen) atoms. The lowest BCUT2D eigenvalue weighted by molar-refractivity contribution is 0.0205. The summed E-state index contributed by atoms with van der Waals surface area (Å²) in [7, 11) is -3.77. The minimum absolute atomic E-state index is 0.0400. The lowest BCUT2D eigenvalue weighted by Crippen LogP contribution is -2.47. The van der Waals surface area contributed by atoms with Gasteiger partial charge in [0.25, 0.3) is 0 Å². The molecule has 2 heterocycles. The number of piperidine rings is 1. The number of hydrogen-bond acceptors (Lipinski definition) is 5. The van der Waals surface area contributed by atoms with Crippen molar-refractivity contribution < 1.29 is 22.3 Å². The third kappa shape index (κ3) is 4.60. The van der Waals surface area contributed by atoms with E-state index in [2.05, 4.69) is 4.90 Å². The van der Waals surface area contributed by atoms with E-state index in [1.807, 2.05) is 26.8 Å². The minimum atomic E-state index is -3.77. The molecule has 2 aliphatic heterocycles. The number of anilines is 1. The second-order valence-electron chi connectivity index (χ2n) is 9.39. The Morgan fingerprint density at radius 2 is 1.72 bits per heavy atom. The van der Waals surface area contributed by atoms with Gasteiger partial charge in [0.2, 0.25) is 9.84 Å². The van der Waals surface area contributed by atoms with Crippen molar-refractivity contribution in [3.63, 3.8) is 0 Å². The van der Waals surface area contributed by atoms with Gasteiger partial charge >= 0.3 is 6.09 Å². The lowest BCUT2D eigenvalue weighted by Gasteiger charge is -2.38. The van der Waals surface area contributed by atoms with E-state index in [0.29, 0.717) is 19.1 Å². The first-order valence-corrected chi connectivity index (χ1v) is 12.4. The van der Waals surface area contributed by atoms with Gasteiger partial charge in [-0.25, -0.2) is 17.6 Å². The summed E-state index contributed by atoms with van der Waals surface area (Å²) < 4.78 is 44.9. The SMILES string of the molecule is CC(C)(C)OC(=O)N1CCC(N2CCc3cc(S(=O)(=O)c4cccc(F)c4)ccc32)CC1. The van der Waals surface area contributed by atoms with Gasteiger partial charge in [-0.05, 0) is 82.0 Å². The summed E-state index contributed by atoms with van der Waals surface area (Å²) in [5.41, 5.74) is 1.52. The van der Waals surface area contributed by atoms with E-state index in [9.17, 15) is 17.6 Å². The highest BCUT2D eigenvalue weighted by Gasteiger charge is 2.33. The Kier molecular flexibility index (Phi) is 5.92. The minimum Gasteiger partial charge on any atom is -0.444 e. The molecule has 0 bridgehead atoms. The molecule has 0 aliphatic carbocycles. The molecule has 0 spiro atoms. The molecule has 0 unspecified atom stereocenters. The Balaban J connectivity index is 1.46. The van der Waals surface area contributed by atoms with E-state index in [1.165, 1.54) is 18.2 Å². The Labute approximate surface area is 188 Å². The molecule has 1 amide bonds. The number of benzene rings is 2. The topological polar surface area (TPSA) is 66.9 Å². The smallest absolute Gasteiger partial charge is 0.410 e. The lowest BCUT2D eigenvalue weighted by atomic mass is 10.0. The number of carbonyl (C=O) groups is 1. The zero-order chi connectivity index (χ0) is 23.1. The molecular weight excluding hydrogens is 431 g/mol. The Morgan fingerprint density at radius 1 is 1.03 bits per heavy atom. The molecule has 8 heteroatoms. The van der Waals surface area contributed by atoms with E-state index in [0.717, 1.165) is 43.1 Å². The van der Waals surface area contributed by atoms with Crippen LogP contribution >= 0.6 is 0 Å². The quantitative estimate of drug-likeness (QED) is 0.678. The maximum Gasteiger partial charge on any atom is 0.410 e. The Morgan fingerprint density at radius 3 is 2.38 bits per heavy atom. The van der Waals surface area contributed by atoms with Gasteiger partial charge in [-0.2, -0.15) is 0 Å². The summed E-state index contributed by atoms with van der Waals surface area (Å²) in [6, 6.07) is 10.6. The van der Waals surface area contributed by atoms with Crippen LogP contribution in [0.3, 0.4) is 0 Å². The molecule has 0 saturated carbocycles. The molecule has 0 aromatic heterocycles. The molecule has 172 valence electrons. The fourth-order valence-corrected chi connectivity index (χ4v) is 5.75. The van der Waals surface area contributed by atoms with Gasteiger partial charge in [-0.3, -0.25) is 0 Å². The predicted octanol–water partition coefficient (Wildman–Crippen LogP) is 4.42. The van der Waals surface area contributed by atoms with Crippen LogP contribution in [0.2, 0.25) is 0 Å². The summed E-state index contributed by atoms with van der Waals surface area (Å²) in [5.74, 6) is -0.573. The molecule has 1 saturated heterocycles. The summed E-state index contributed by atoms with van der Waals surface area (Å²) in [6.07, 6.45) is 2.16. The third-order valence-corrected chi connectivity index (χ3v) is 7.71. The van der Waals surface area contributed by atoms with Crippen LogP contribution < -0.4 is 4.90 Å². The summed E-state index contributed by atoms with van der Waals surface area (Å²) >= 11 is 0. The molecule has 2 aromatic carbocycles. The first kappa shape index (κ1) is 22.6. The summed E-state index contributed by atoms with van der Waals surface area (Å²) in [4.78, 5) is 16.5. The number of likely N-dealkylation sites (tertiary alicyclic amines) is 1. The normalized spacial score (nSPS) is 17.4. The molecule has 1 fully saturated rings. The average Bonchev–Trinajstić information content (AvgIpc) is 3.16. The van der Waals surface area contributed by atoms with Crippen LogP contribution in [0.25, 0.3) is 0 Å². The highest BCUT2D eigenvalue weighted by molar-refractivity contribution is 7.91. The number of fused-ring (bicyclic) bond motifs is 1. The maximum atomic E-state index is 13.5. The second-order valence-corrected chi connectivity index (χ2v) is 11.3. The van der Waals surface area contributed by atoms with E-state index in [4.69, 9.17) is 4.74 Å². The van der Waals surface area contributed by atoms with Gasteiger partial charge in [0.15, 0.2) is 0 Å². The van der Waals surface area contributed by atoms with Gasteiger partial charge < -0.3 is 14.5 Å². The molecular formula is C24H29FN2O4S. The third-order valence-electron chi connectivity index (χ3n) is 5.96. The molecule has 0 N–H and O–H groups in total. The zero-order valence-electron chi connectivity index (χ0n) is 18.7. The van der Waals surface area contributed by atoms with Crippen LogP contribution in [0.1, 0.15) is 39.2 Å². The van der Waals surface area contributed by atoms with E-state index >= 15 is 0 Å². The fourth-order valence-electron chi connectivity index (χ4n) is 4.41. The Hall–Kier alpha value is -2.61. The largest absolute Gasteiger partial charge is 0.444 e. The number of amides is 1. The first-order chi connectivity index (χ1) is 15.0. The van der Waals surface area contributed by atoms with Crippen molar-refractivity contribution in [3.05, 3.63) is 53.8 Å². The van der Waals surface area contributed by atoms with Crippen molar-refractivity contribution in [1.29, 1.82) is 0 Å². The van der Waals surface area contributed by atoms with Gasteiger partial charge in [-0.1, -0.05) is 6.07 Å². The standard InChI is InChI=1S/C24H29FN2O4S/c1-24(2,3)31-23(28)26-12-10-19(11-13-26)27-14-9-17-15-21(7-8-22(17)27)32(29,30)20-6-4-5-18(25)16-20/h4-8,15-16,19H,9-14H2,1-3H3. The van der Waals surface area contributed by atoms with Crippen LogP contribution in [-0.2, 0) is 21.0 Å². The molecule has 4 rings (SSSR count). The highest BCUT2D eigenvalue weighted by atomic mass is 32.2. The molecule has 2 aromatic rings. The van der Waals surface area contributed by atoms with Gasteiger partial charge in [0, 0.05) is 31.4 Å². The molecule has 0 atom stereocenters. The van der Waals surface area contributed by atoms with E-state index in [1.54, 1.807) is 17.0 Å². The van der Waals surface area contributed by atoms with Crippen molar-refractivity contribution in [2.24, 2.45) is 0 Å². The number of rotatable bonds is 3. The van der Waals surface area contributed by atoms with Gasteiger partial charge in [-0.15, -0.1) is 0 Å². The number of hydrogen-bond donors (Lipinski definition) is 0. The van der Waals surface area contributed by atoms with Crippen molar-refractivity contribution in [2.45, 2.75) is 61.5 Å². The van der Waals surface area contributed by atoms with Crippen LogP contribution in [-0.4, -0.2) is 50.7 Å². The zero-order valence-corrected chi connectivity index (χ0v) is 19.5. The fraction of sp³-hybridized carbons (Fsp3) is 0.458. The Bertz CT molecular complexity index is 1120. The maximum absolute atomic E-state index is 13.5. The van der Waals surface area contributed by atoms with E-state index in [-0.39, 0.29) is 15.9 Å². The second kappa shape index (κ2) is 8.39. The average molecular weight is 461 g/mol. The van der Waals surface area contributed by atoms with Gasteiger partial charge in [0.05, 0.1) is 9.79 Å². The molecule has 2 aliphatic rings. The van der Waals surface area contributed by atoms with E-state index < -0.39 is 21.3 Å². The number of carbonyl (C=O) groups excluding carboxylic acids is 1. The van der Waals surface area contributed by atoms with Crippen LogP contribution in [0.15, 0.2) is 52.3 Å². The predicted molar refractivity (Wildman–Crippen MR) is 120 cm³/mol. The highest BCUT2D eigenvalue weighted by Crippen LogP contribution is 2.35. The molecule has 6 nitrogen and oxygen atoms in total. The first-order valence-electron chi connectivity index (χ1n) is 10.9. The van der Waals surface area contributed by atoms with Crippen LogP contribution in [0, 0.1) is 5.82 Å². The number of nitrogens with zero attached hydrogens (tertiary/aromatic N) is 2. The number of sulfone groups is 1. The van der Waals surface area contributed by atoms with Crippen molar-refractivity contribution >= 4 is 21.6 Å². The van der Waals surface area contributed by atoms with Gasteiger partial charge in [0.1, 0.15) is 11.4 Å². The van der Waals surface area contributed by atoms with Crippen LogP contribution in [0.5, 0.6) is 0 Å². The summed E-state index contributed by atoms with van der Waals surface area (Å²) in [6.45, 7) is 7.68. The molecule has 0 radical (unpaired) electrons. The monoisotopic (exact) mass is 460 g/mol. The van der Waals surface area contributed by atoms with Crippen LogP contribution in [0.4, 0.5) is 14.9 Å².